The molecule has 0 spiro atoms. The number of Topliss-reactive ketones (excluding diaryl/α,β-unsaturated/α-hetero) is 1. The van der Waals surface area contributed by atoms with Gasteiger partial charge in [-0.05, 0) is 11.6 Å². The molecule has 4 aromatic rings. The molecule has 0 bridgehead atoms. The molecule has 1 atom stereocenters. The second-order valence-corrected chi connectivity index (χ2v) is 7.97. The van der Waals surface area contributed by atoms with Crippen LogP contribution in [0.3, 0.4) is 0 Å². The van der Waals surface area contributed by atoms with Crippen molar-refractivity contribution in [2.75, 3.05) is 12.4 Å². The molecule has 130 valence electrons. The van der Waals surface area contributed by atoms with Crippen molar-refractivity contribution in [1.82, 2.24) is 15.2 Å². The van der Waals surface area contributed by atoms with Crippen LogP contribution in [0.4, 0.5) is 5.13 Å². The molecule has 0 radical (unpaired) electrons. The van der Waals surface area contributed by atoms with Gasteiger partial charge in [-0.25, -0.2) is 0 Å². The van der Waals surface area contributed by atoms with Crippen molar-refractivity contribution in [3.63, 3.8) is 0 Å². The van der Waals surface area contributed by atoms with Crippen LogP contribution in [0.1, 0.15) is 21.2 Å². The predicted molar refractivity (Wildman–Crippen MR) is 107 cm³/mol. The third kappa shape index (κ3) is 3.23. The minimum atomic E-state index is -0.381. The van der Waals surface area contributed by atoms with Gasteiger partial charge in [-0.15, -0.1) is 10.2 Å². The molecule has 5 nitrogen and oxygen atoms in total. The molecule has 26 heavy (non-hydrogen) atoms. The summed E-state index contributed by atoms with van der Waals surface area (Å²) in [6, 6.07) is 17.6. The van der Waals surface area contributed by atoms with Crippen molar-refractivity contribution in [3.05, 3.63) is 71.9 Å². The molecule has 2 aromatic heterocycles. The number of aromatic nitrogens is 3. The van der Waals surface area contributed by atoms with Gasteiger partial charge in [0.05, 0.1) is 0 Å². The lowest BCUT2D eigenvalue weighted by Crippen LogP contribution is -2.09. The molecule has 2 N–H and O–H groups in total. The largest absolute Gasteiger partial charge is 0.363 e. The molecule has 0 aliphatic rings. The van der Waals surface area contributed by atoms with E-state index in [0.717, 1.165) is 25.9 Å². The molecule has 0 amide bonds. The summed E-state index contributed by atoms with van der Waals surface area (Å²) in [5, 5.41) is 12.5. The number of benzene rings is 2. The molecule has 2 aromatic carbocycles. The van der Waals surface area contributed by atoms with E-state index in [0.29, 0.717) is 5.56 Å². The van der Waals surface area contributed by atoms with E-state index < -0.39 is 0 Å². The van der Waals surface area contributed by atoms with Crippen molar-refractivity contribution in [3.8, 4) is 0 Å². The fourth-order valence-corrected chi connectivity index (χ4v) is 4.74. The summed E-state index contributed by atoms with van der Waals surface area (Å²) in [7, 11) is 1.81. The van der Waals surface area contributed by atoms with Crippen LogP contribution in [0, 0.1) is 0 Å². The SMILES string of the molecule is CNc1nnc(SC(C(=O)c2c[nH]c3ccccc23)c2ccccc2)s1. The molecule has 2 heterocycles. The Balaban J connectivity index is 1.73. The van der Waals surface area contributed by atoms with Crippen molar-refractivity contribution in [1.29, 1.82) is 0 Å². The number of hydrogen-bond donors (Lipinski definition) is 2. The van der Waals surface area contributed by atoms with Crippen LogP contribution < -0.4 is 5.32 Å². The highest BCUT2D eigenvalue weighted by atomic mass is 32.2. The molecular formula is C19H16N4OS2. The first kappa shape index (κ1) is 16.8. The fourth-order valence-electron chi connectivity index (χ4n) is 2.78. The maximum Gasteiger partial charge on any atom is 0.206 e. The number of thioether (sulfide) groups is 1. The summed E-state index contributed by atoms with van der Waals surface area (Å²) in [6.45, 7) is 0. The average Bonchev–Trinajstić information content (AvgIpc) is 3.33. The number of hydrogen-bond acceptors (Lipinski definition) is 6. The van der Waals surface area contributed by atoms with Crippen LogP contribution in [-0.2, 0) is 0 Å². The number of ketones is 1. The summed E-state index contributed by atoms with van der Waals surface area (Å²) in [5.74, 6) is 0.0554. The van der Waals surface area contributed by atoms with Gasteiger partial charge in [0.2, 0.25) is 5.13 Å². The van der Waals surface area contributed by atoms with Gasteiger partial charge in [-0.3, -0.25) is 4.79 Å². The summed E-state index contributed by atoms with van der Waals surface area (Å²) in [4.78, 5) is 16.6. The summed E-state index contributed by atoms with van der Waals surface area (Å²) >= 11 is 2.88. The molecule has 0 aliphatic carbocycles. The van der Waals surface area contributed by atoms with E-state index in [1.54, 1.807) is 13.2 Å². The number of aromatic amines is 1. The minimum Gasteiger partial charge on any atom is -0.363 e. The summed E-state index contributed by atoms with van der Waals surface area (Å²) in [6.07, 6.45) is 1.79. The zero-order chi connectivity index (χ0) is 17.9. The lowest BCUT2D eigenvalue weighted by molar-refractivity contribution is 0.0991. The Morgan fingerprint density at radius 2 is 1.88 bits per heavy atom. The van der Waals surface area contributed by atoms with Gasteiger partial charge in [0.25, 0.3) is 0 Å². The average molecular weight is 380 g/mol. The number of nitrogens with zero attached hydrogens (tertiary/aromatic N) is 2. The van der Waals surface area contributed by atoms with Crippen LogP contribution in [0.15, 0.2) is 65.1 Å². The quantitative estimate of drug-likeness (QED) is 0.372. The monoisotopic (exact) mass is 380 g/mol. The van der Waals surface area contributed by atoms with Gasteiger partial charge in [-0.2, -0.15) is 0 Å². The Labute approximate surface area is 158 Å². The van der Waals surface area contributed by atoms with E-state index in [1.165, 1.54) is 23.1 Å². The Morgan fingerprint density at radius 3 is 2.65 bits per heavy atom. The van der Waals surface area contributed by atoms with E-state index in [1.807, 2.05) is 54.6 Å². The smallest absolute Gasteiger partial charge is 0.206 e. The number of H-pyrrole nitrogens is 1. The lowest BCUT2D eigenvalue weighted by Gasteiger charge is -2.14. The van der Waals surface area contributed by atoms with Crippen molar-refractivity contribution < 1.29 is 4.79 Å². The molecule has 0 fully saturated rings. The number of fused-ring (bicyclic) bond motifs is 1. The Hall–Kier alpha value is -2.64. The number of carbonyl (C=O) groups is 1. The maximum absolute atomic E-state index is 13.4. The zero-order valence-electron chi connectivity index (χ0n) is 14.0. The molecule has 1 unspecified atom stereocenters. The number of carbonyl (C=O) groups excluding carboxylic acids is 1. The molecule has 0 saturated carbocycles. The molecule has 4 rings (SSSR count). The van der Waals surface area contributed by atoms with E-state index in [9.17, 15) is 4.79 Å². The highest BCUT2D eigenvalue weighted by Gasteiger charge is 2.26. The minimum absolute atomic E-state index is 0.0554. The lowest BCUT2D eigenvalue weighted by atomic mass is 10.0. The summed E-state index contributed by atoms with van der Waals surface area (Å²) < 4.78 is 0.761. The highest BCUT2D eigenvalue weighted by Crippen LogP contribution is 2.40. The third-order valence-electron chi connectivity index (χ3n) is 4.03. The first-order chi connectivity index (χ1) is 12.8. The Morgan fingerprint density at radius 1 is 1.12 bits per heavy atom. The number of para-hydroxylation sites is 1. The topological polar surface area (TPSA) is 70.7 Å². The maximum atomic E-state index is 13.4. The standard InChI is InChI=1S/C19H16N4OS2/c1-20-18-22-23-19(26-18)25-17(12-7-3-2-4-8-12)16(24)14-11-21-15-10-6-5-9-13(14)15/h2-11,17,21H,1H3,(H,20,22). The molecule has 0 saturated heterocycles. The summed E-state index contributed by atoms with van der Waals surface area (Å²) in [5.41, 5.74) is 2.61. The van der Waals surface area contributed by atoms with E-state index >= 15 is 0 Å². The van der Waals surface area contributed by atoms with Crippen LogP contribution in [0.25, 0.3) is 10.9 Å². The fraction of sp³-hybridized carbons (Fsp3) is 0.105. The zero-order valence-corrected chi connectivity index (χ0v) is 15.6. The van der Waals surface area contributed by atoms with Gasteiger partial charge >= 0.3 is 0 Å². The first-order valence-electron chi connectivity index (χ1n) is 8.09. The van der Waals surface area contributed by atoms with Gasteiger partial charge in [0, 0.05) is 29.7 Å². The normalized spacial score (nSPS) is 12.2. The second kappa shape index (κ2) is 7.31. The van der Waals surface area contributed by atoms with E-state index in [2.05, 4.69) is 20.5 Å². The van der Waals surface area contributed by atoms with Crippen LogP contribution in [0.2, 0.25) is 0 Å². The molecular weight excluding hydrogens is 364 g/mol. The second-order valence-electron chi connectivity index (χ2n) is 5.64. The van der Waals surface area contributed by atoms with Gasteiger partial charge < -0.3 is 10.3 Å². The third-order valence-corrected chi connectivity index (χ3v) is 6.31. The van der Waals surface area contributed by atoms with Gasteiger partial charge in [0.1, 0.15) is 5.25 Å². The highest BCUT2D eigenvalue weighted by molar-refractivity contribution is 8.02. The number of anilines is 1. The van der Waals surface area contributed by atoms with Crippen molar-refractivity contribution in [2.45, 2.75) is 9.59 Å². The van der Waals surface area contributed by atoms with E-state index in [-0.39, 0.29) is 11.0 Å². The van der Waals surface area contributed by atoms with E-state index in [4.69, 9.17) is 0 Å². The Kier molecular flexibility index (Phi) is 4.73. The predicted octanol–water partition coefficient (Wildman–Crippen LogP) is 4.78. The number of rotatable bonds is 6. The number of nitrogens with one attached hydrogen (secondary N) is 2. The first-order valence-corrected chi connectivity index (χ1v) is 9.79. The Bertz CT molecular complexity index is 1040. The van der Waals surface area contributed by atoms with Gasteiger partial charge in [0.15, 0.2) is 10.1 Å². The molecule has 7 heteroatoms. The molecule has 0 aliphatic heterocycles. The van der Waals surface area contributed by atoms with Gasteiger partial charge in [-0.1, -0.05) is 71.6 Å². The van der Waals surface area contributed by atoms with Crippen LogP contribution >= 0.6 is 23.1 Å². The van der Waals surface area contributed by atoms with Crippen LogP contribution in [0.5, 0.6) is 0 Å². The van der Waals surface area contributed by atoms with Crippen molar-refractivity contribution in [2.24, 2.45) is 0 Å². The van der Waals surface area contributed by atoms with Crippen molar-refractivity contribution >= 4 is 44.9 Å². The van der Waals surface area contributed by atoms with Crippen LogP contribution in [-0.4, -0.2) is 28.0 Å².